The Morgan fingerprint density at radius 1 is 1.22 bits per heavy atom. The zero-order valence-corrected chi connectivity index (χ0v) is 11.9. The quantitative estimate of drug-likeness (QED) is 0.772. The minimum Gasteiger partial charge on any atom is -0.319 e. The maximum atomic E-state index is 6.27. The average molecular weight is 319 g/mol. The van der Waals surface area contributed by atoms with E-state index >= 15 is 0 Å². The molecular weight excluding hydrogens is 308 g/mol. The van der Waals surface area contributed by atoms with Crippen LogP contribution in [-0.4, -0.2) is 4.98 Å². The van der Waals surface area contributed by atoms with Gasteiger partial charge in [-0.15, -0.1) is 0 Å². The molecule has 3 rings (SSSR count). The Morgan fingerprint density at radius 3 is 2.83 bits per heavy atom. The van der Waals surface area contributed by atoms with E-state index < -0.39 is 0 Å². The van der Waals surface area contributed by atoms with Gasteiger partial charge in [-0.25, -0.2) is 4.98 Å². The van der Waals surface area contributed by atoms with Gasteiger partial charge in [-0.2, -0.15) is 11.3 Å². The number of halogens is 1. The van der Waals surface area contributed by atoms with Crippen molar-refractivity contribution < 1.29 is 0 Å². The van der Waals surface area contributed by atoms with Crippen LogP contribution in [0.25, 0.3) is 10.9 Å². The molecule has 0 aliphatic rings. The Balaban J connectivity index is 2.14. The van der Waals surface area contributed by atoms with Crippen molar-refractivity contribution in [3.8, 4) is 0 Å². The van der Waals surface area contributed by atoms with Crippen LogP contribution in [0.15, 0.2) is 51.6 Å². The molecule has 0 saturated heterocycles. The van der Waals surface area contributed by atoms with Crippen molar-refractivity contribution in [1.82, 2.24) is 4.98 Å². The van der Waals surface area contributed by atoms with E-state index in [0.29, 0.717) is 0 Å². The minimum absolute atomic E-state index is 0.185. The summed E-state index contributed by atoms with van der Waals surface area (Å²) in [7, 11) is 0. The van der Waals surface area contributed by atoms with E-state index in [1.54, 1.807) is 11.3 Å². The second-order valence-electron chi connectivity index (χ2n) is 4.08. The van der Waals surface area contributed by atoms with Crippen molar-refractivity contribution in [3.05, 3.63) is 62.9 Å². The van der Waals surface area contributed by atoms with Crippen LogP contribution in [0, 0.1) is 0 Å². The zero-order valence-electron chi connectivity index (χ0n) is 9.51. The lowest BCUT2D eigenvalue weighted by Gasteiger charge is -2.12. The number of nitrogens with zero attached hydrogens (tertiary/aromatic N) is 1. The van der Waals surface area contributed by atoms with Crippen LogP contribution >= 0.6 is 27.3 Å². The maximum Gasteiger partial charge on any atom is 0.0766 e. The molecule has 3 aromatic rings. The Bertz CT molecular complexity index is 679. The first-order valence-electron chi connectivity index (χ1n) is 5.58. The van der Waals surface area contributed by atoms with Crippen LogP contribution in [0.2, 0.25) is 0 Å². The number of thiophene rings is 1. The van der Waals surface area contributed by atoms with E-state index in [-0.39, 0.29) is 6.04 Å². The molecule has 18 heavy (non-hydrogen) atoms. The second kappa shape index (κ2) is 4.80. The molecule has 0 amide bonds. The number of para-hydroxylation sites is 1. The SMILES string of the molecule is NC(c1ccsc1)c1nc2ccccc2cc1Br. The van der Waals surface area contributed by atoms with Gasteiger partial charge in [0.2, 0.25) is 0 Å². The van der Waals surface area contributed by atoms with Gasteiger partial charge in [0, 0.05) is 9.86 Å². The third kappa shape index (κ3) is 2.07. The number of aromatic nitrogens is 1. The average Bonchev–Trinajstić information content (AvgIpc) is 2.91. The molecule has 1 aromatic carbocycles. The summed E-state index contributed by atoms with van der Waals surface area (Å²) >= 11 is 5.21. The molecule has 1 atom stereocenters. The second-order valence-corrected chi connectivity index (χ2v) is 5.72. The van der Waals surface area contributed by atoms with E-state index in [1.165, 1.54) is 0 Å². The van der Waals surface area contributed by atoms with E-state index in [2.05, 4.69) is 32.4 Å². The highest BCUT2D eigenvalue weighted by atomic mass is 79.9. The van der Waals surface area contributed by atoms with Crippen molar-refractivity contribution >= 4 is 38.2 Å². The minimum atomic E-state index is -0.185. The molecule has 2 aromatic heterocycles. The summed E-state index contributed by atoms with van der Waals surface area (Å²) in [5.74, 6) is 0. The molecule has 0 saturated carbocycles. The predicted octanol–water partition coefficient (Wildman–Crippen LogP) is 4.11. The van der Waals surface area contributed by atoms with Crippen LogP contribution in [0.5, 0.6) is 0 Å². The summed E-state index contributed by atoms with van der Waals surface area (Å²) in [5.41, 5.74) is 9.22. The molecule has 2 nitrogen and oxygen atoms in total. The molecule has 4 heteroatoms. The molecule has 0 fully saturated rings. The topological polar surface area (TPSA) is 38.9 Å². The normalized spacial score (nSPS) is 12.8. The molecule has 2 heterocycles. The van der Waals surface area contributed by atoms with Gasteiger partial charge in [0.05, 0.1) is 17.3 Å². The molecule has 0 aliphatic heterocycles. The van der Waals surface area contributed by atoms with E-state index in [4.69, 9.17) is 5.73 Å². The van der Waals surface area contributed by atoms with Crippen molar-refractivity contribution in [2.24, 2.45) is 5.73 Å². The molecule has 0 spiro atoms. The highest BCUT2D eigenvalue weighted by Crippen LogP contribution is 2.29. The zero-order chi connectivity index (χ0) is 12.5. The third-order valence-corrected chi connectivity index (χ3v) is 4.24. The lowest BCUT2D eigenvalue weighted by Crippen LogP contribution is -2.13. The summed E-state index contributed by atoms with van der Waals surface area (Å²) in [6.45, 7) is 0. The molecule has 2 N–H and O–H groups in total. The number of rotatable bonds is 2. The molecule has 0 bridgehead atoms. The summed E-state index contributed by atoms with van der Waals surface area (Å²) < 4.78 is 0.958. The predicted molar refractivity (Wildman–Crippen MR) is 79.8 cm³/mol. The van der Waals surface area contributed by atoms with Gasteiger partial charge in [-0.3, -0.25) is 0 Å². The van der Waals surface area contributed by atoms with Crippen LogP contribution in [-0.2, 0) is 0 Å². The van der Waals surface area contributed by atoms with Gasteiger partial charge >= 0.3 is 0 Å². The van der Waals surface area contributed by atoms with Gasteiger partial charge in [-0.1, -0.05) is 18.2 Å². The standard InChI is InChI=1S/C14H11BrN2S/c15-11-7-9-3-1-2-4-12(9)17-14(11)13(16)10-5-6-18-8-10/h1-8,13H,16H2. The third-order valence-electron chi connectivity index (χ3n) is 2.90. The number of pyridine rings is 1. The number of hydrogen-bond acceptors (Lipinski definition) is 3. The molecule has 90 valence electrons. The summed E-state index contributed by atoms with van der Waals surface area (Å²) in [6, 6.07) is 12.0. The van der Waals surface area contributed by atoms with E-state index in [9.17, 15) is 0 Å². The van der Waals surface area contributed by atoms with Crippen LogP contribution < -0.4 is 5.73 Å². The lowest BCUT2D eigenvalue weighted by atomic mass is 10.1. The fraction of sp³-hybridized carbons (Fsp3) is 0.0714. The van der Waals surface area contributed by atoms with Crippen molar-refractivity contribution in [1.29, 1.82) is 0 Å². The first-order valence-corrected chi connectivity index (χ1v) is 7.32. The molecule has 1 unspecified atom stereocenters. The number of nitrogens with two attached hydrogens (primary N) is 1. The largest absolute Gasteiger partial charge is 0.319 e. The van der Waals surface area contributed by atoms with E-state index in [0.717, 1.165) is 26.6 Å². The Kier molecular flexibility index (Phi) is 3.16. The molecular formula is C14H11BrN2S. The highest BCUT2D eigenvalue weighted by molar-refractivity contribution is 9.10. The maximum absolute atomic E-state index is 6.27. The first kappa shape index (κ1) is 11.8. The monoisotopic (exact) mass is 318 g/mol. The van der Waals surface area contributed by atoms with Crippen LogP contribution in [0.4, 0.5) is 0 Å². The van der Waals surface area contributed by atoms with E-state index in [1.807, 2.05) is 35.7 Å². The Hall–Kier alpha value is -1.23. The smallest absolute Gasteiger partial charge is 0.0766 e. The molecule has 0 aliphatic carbocycles. The number of hydrogen-bond donors (Lipinski definition) is 1. The Labute approximate surface area is 118 Å². The van der Waals surface area contributed by atoms with Crippen LogP contribution in [0.3, 0.4) is 0 Å². The van der Waals surface area contributed by atoms with Crippen molar-refractivity contribution in [3.63, 3.8) is 0 Å². The van der Waals surface area contributed by atoms with Gasteiger partial charge in [-0.05, 0) is 50.5 Å². The summed E-state index contributed by atoms with van der Waals surface area (Å²) in [4.78, 5) is 4.66. The number of fused-ring (bicyclic) bond motifs is 1. The molecule has 0 radical (unpaired) electrons. The van der Waals surface area contributed by atoms with Gasteiger partial charge < -0.3 is 5.73 Å². The van der Waals surface area contributed by atoms with Gasteiger partial charge in [0.1, 0.15) is 0 Å². The highest BCUT2D eigenvalue weighted by Gasteiger charge is 2.15. The van der Waals surface area contributed by atoms with Crippen LogP contribution in [0.1, 0.15) is 17.3 Å². The summed E-state index contributed by atoms with van der Waals surface area (Å²) in [6.07, 6.45) is 0. The fourth-order valence-electron chi connectivity index (χ4n) is 1.93. The number of benzene rings is 1. The van der Waals surface area contributed by atoms with Gasteiger partial charge in [0.25, 0.3) is 0 Å². The summed E-state index contributed by atoms with van der Waals surface area (Å²) in [5, 5.41) is 5.21. The first-order chi connectivity index (χ1) is 8.75. The van der Waals surface area contributed by atoms with Gasteiger partial charge in [0.15, 0.2) is 0 Å². The Morgan fingerprint density at radius 2 is 2.06 bits per heavy atom. The lowest BCUT2D eigenvalue weighted by molar-refractivity contribution is 0.834. The fourth-order valence-corrected chi connectivity index (χ4v) is 3.21. The van der Waals surface area contributed by atoms with Crippen molar-refractivity contribution in [2.45, 2.75) is 6.04 Å². The van der Waals surface area contributed by atoms with Crippen molar-refractivity contribution in [2.75, 3.05) is 0 Å².